The molecule has 30 heavy (non-hydrogen) atoms. The fourth-order valence-electron chi connectivity index (χ4n) is 3.79. The van der Waals surface area contributed by atoms with E-state index in [9.17, 15) is 4.79 Å². The van der Waals surface area contributed by atoms with E-state index in [4.69, 9.17) is 17.0 Å². The molecule has 0 spiro atoms. The maximum atomic E-state index is 13.0. The Morgan fingerprint density at radius 3 is 2.57 bits per heavy atom. The Balaban J connectivity index is 1.61. The topological polar surface area (TPSA) is 50.4 Å². The fourth-order valence-corrected chi connectivity index (χ4v) is 5.35. The number of hydrogen-bond donors (Lipinski definition) is 2. The van der Waals surface area contributed by atoms with Crippen molar-refractivity contribution in [2.24, 2.45) is 0 Å². The second-order valence-electron chi connectivity index (χ2n) is 8.52. The maximum Gasteiger partial charge on any atom is 0.341 e. The molecule has 3 aromatic rings. The molecule has 4 nitrogen and oxygen atoms in total. The van der Waals surface area contributed by atoms with Gasteiger partial charge in [-0.3, -0.25) is 0 Å². The van der Waals surface area contributed by atoms with Crippen molar-refractivity contribution in [1.29, 1.82) is 0 Å². The molecule has 0 aliphatic heterocycles. The van der Waals surface area contributed by atoms with Crippen molar-refractivity contribution < 1.29 is 9.53 Å². The summed E-state index contributed by atoms with van der Waals surface area (Å²) in [5.41, 5.74) is 2.16. The zero-order chi connectivity index (χ0) is 21.3. The van der Waals surface area contributed by atoms with Crippen molar-refractivity contribution in [1.82, 2.24) is 0 Å². The van der Waals surface area contributed by atoms with E-state index in [2.05, 4.69) is 28.8 Å². The third-order valence-electron chi connectivity index (χ3n) is 5.04. The SMILES string of the molecule is CC(C)(C)OC(=O)c1c(NC(=S)Nc2cccc3ccccc23)sc2c1CCCC2. The van der Waals surface area contributed by atoms with Gasteiger partial charge in [0, 0.05) is 16.0 Å². The Hall–Kier alpha value is -2.44. The quantitative estimate of drug-likeness (QED) is 0.359. The van der Waals surface area contributed by atoms with Crippen LogP contribution in [-0.2, 0) is 17.6 Å². The standard InChI is InChI=1S/C24H26N2O2S2/c1-24(2,3)28-22(27)20-17-12-6-7-14-19(17)30-21(20)26-23(29)25-18-13-8-10-15-9-4-5-11-16(15)18/h4-5,8-11,13H,6-7,12,14H2,1-3H3,(H2,25,26,29). The molecule has 1 aromatic heterocycles. The monoisotopic (exact) mass is 438 g/mol. The number of anilines is 2. The van der Waals surface area contributed by atoms with Gasteiger partial charge in [0.05, 0.1) is 5.56 Å². The van der Waals surface area contributed by atoms with Crippen LogP contribution in [-0.4, -0.2) is 16.7 Å². The van der Waals surface area contributed by atoms with Crippen LogP contribution in [0, 0.1) is 0 Å². The Kier molecular flexibility index (Phi) is 5.80. The van der Waals surface area contributed by atoms with Crippen LogP contribution >= 0.6 is 23.6 Å². The number of aryl methyl sites for hydroxylation is 1. The molecule has 0 fully saturated rings. The van der Waals surface area contributed by atoms with Gasteiger partial charge in [-0.25, -0.2) is 4.79 Å². The number of fused-ring (bicyclic) bond motifs is 2. The number of carbonyl (C=O) groups is 1. The highest BCUT2D eigenvalue weighted by Crippen LogP contribution is 2.39. The normalized spacial score (nSPS) is 13.6. The molecule has 2 aromatic carbocycles. The van der Waals surface area contributed by atoms with E-state index in [-0.39, 0.29) is 5.97 Å². The first-order valence-corrected chi connectivity index (χ1v) is 11.5. The van der Waals surface area contributed by atoms with Crippen LogP contribution in [0.15, 0.2) is 42.5 Å². The molecule has 1 aliphatic rings. The predicted molar refractivity (Wildman–Crippen MR) is 130 cm³/mol. The van der Waals surface area contributed by atoms with E-state index in [1.54, 1.807) is 11.3 Å². The summed E-state index contributed by atoms with van der Waals surface area (Å²) < 4.78 is 5.71. The molecule has 1 heterocycles. The van der Waals surface area contributed by atoms with Crippen LogP contribution < -0.4 is 10.6 Å². The first-order valence-electron chi connectivity index (χ1n) is 10.3. The molecule has 0 atom stereocenters. The van der Waals surface area contributed by atoms with Crippen LogP contribution in [0.25, 0.3) is 10.8 Å². The number of rotatable bonds is 3. The molecular formula is C24H26N2O2S2. The van der Waals surface area contributed by atoms with Gasteiger partial charge in [0.1, 0.15) is 10.6 Å². The lowest BCUT2D eigenvalue weighted by Crippen LogP contribution is -2.26. The average Bonchev–Trinajstić information content (AvgIpc) is 3.04. The molecule has 0 bridgehead atoms. The second-order valence-corrected chi connectivity index (χ2v) is 10.0. The summed E-state index contributed by atoms with van der Waals surface area (Å²) in [5, 5.41) is 10.1. The van der Waals surface area contributed by atoms with Crippen molar-refractivity contribution in [2.75, 3.05) is 10.6 Å². The molecule has 0 amide bonds. The van der Waals surface area contributed by atoms with Crippen molar-refractivity contribution in [3.8, 4) is 0 Å². The minimum atomic E-state index is -0.542. The minimum absolute atomic E-state index is 0.280. The number of hydrogen-bond acceptors (Lipinski definition) is 4. The van der Waals surface area contributed by atoms with Gasteiger partial charge < -0.3 is 15.4 Å². The lowest BCUT2D eigenvalue weighted by molar-refractivity contribution is 0.00699. The summed E-state index contributed by atoms with van der Waals surface area (Å²) in [5.74, 6) is -0.280. The molecule has 4 rings (SSSR count). The van der Waals surface area contributed by atoms with Gasteiger partial charge in [0.25, 0.3) is 0 Å². The van der Waals surface area contributed by atoms with Gasteiger partial charge in [-0.15, -0.1) is 11.3 Å². The zero-order valence-electron chi connectivity index (χ0n) is 17.5. The summed E-state index contributed by atoms with van der Waals surface area (Å²) in [6.45, 7) is 5.68. The van der Waals surface area contributed by atoms with E-state index in [1.807, 2.05) is 45.0 Å². The van der Waals surface area contributed by atoms with Crippen molar-refractivity contribution in [3.63, 3.8) is 0 Å². The Morgan fingerprint density at radius 1 is 1.03 bits per heavy atom. The van der Waals surface area contributed by atoms with Crippen LogP contribution in [0.3, 0.4) is 0 Å². The number of thiocarbonyl (C=S) groups is 1. The van der Waals surface area contributed by atoms with Gasteiger partial charge in [-0.1, -0.05) is 36.4 Å². The number of benzene rings is 2. The van der Waals surface area contributed by atoms with Crippen molar-refractivity contribution in [2.45, 2.75) is 52.1 Å². The van der Waals surface area contributed by atoms with E-state index in [0.717, 1.165) is 52.7 Å². The molecule has 0 saturated heterocycles. The first kappa shape index (κ1) is 20.8. The van der Waals surface area contributed by atoms with Gasteiger partial charge in [0.2, 0.25) is 0 Å². The fraction of sp³-hybridized carbons (Fsp3) is 0.333. The smallest absolute Gasteiger partial charge is 0.341 e. The second kappa shape index (κ2) is 8.36. The zero-order valence-corrected chi connectivity index (χ0v) is 19.1. The van der Waals surface area contributed by atoms with E-state index >= 15 is 0 Å². The highest BCUT2D eigenvalue weighted by molar-refractivity contribution is 7.80. The molecule has 1 aliphatic carbocycles. The number of nitrogens with one attached hydrogen (secondary N) is 2. The first-order chi connectivity index (χ1) is 14.3. The van der Waals surface area contributed by atoms with Gasteiger partial charge in [-0.2, -0.15) is 0 Å². The van der Waals surface area contributed by atoms with Gasteiger partial charge >= 0.3 is 5.97 Å². The van der Waals surface area contributed by atoms with Gasteiger partial charge in [0.15, 0.2) is 5.11 Å². The lowest BCUT2D eigenvalue weighted by atomic mass is 9.95. The number of carbonyl (C=O) groups excluding carboxylic acids is 1. The molecule has 0 saturated carbocycles. The molecule has 156 valence electrons. The third kappa shape index (κ3) is 4.50. The minimum Gasteiger partial charge on any atom is -0.456 e. The Labute approximate surface area is 186 Å². The Bertz CT molecular complexity index is 1110. The molecule has 0 radical (unpaired) electrons. The highest BCUT2D eigenvalue weighted by Gasteiger charge is 2.29. The molecule has 0 unspecified atom stereocenters. The van der Waals surface area contributed by atoms with Crippen LogP contribution in [0.2, 0.25) is 0 Å². The largest absolute Gasteiger partial charge is 0.456 e. The van der Waals surface area contributed by atoms with E-state index < -0.39 is 5.60 Å². The van der Waals surface area contributed by atoms with E-state index in [1.165, 1.54) is 4.88 Å². The predicted octanol–water partition coefficient (Wildman–Crippen LogP) is 6.54. The van der Waals surface area contributed by atoms with Crippen LogP contribution in [0.1, 0.15) is 54.4 Å². The number of thiophene rings is 1. The van der Waals surface area contributed by atoms with Crippen LogP contribution in [0.4, 0.5) is 10.7 Å². The number of esters is 1. The highest BCUT2D eigenvalue weighted by atomic mass is 32.1. The summed E-state index contributed by atoms with van der Waals surface area (Å²) in [4.78, 5) is 14.3. The molecule has 2 N–H and O–H groups in total. The molecular weight excluding hydrogens is 412 g/mol. The van der Waals surface area contributed by atoms with E-state index in [0.29, 0.717) is 10.7 Å². The summed E-state index contributed by atoms with van der Waals surface area (Å²) in [6.07, 6.45) is 4.16. The third-order valence-corrected chi connectivity index (χ3v) is 6.45. The Morgan fingerprint density at radius 2 is 1.77 bits per heavy atom. The summed E-state index contributed by atoms with van der Waals surface area (Å²) >= 11 is 7.23. The summed E-state index contributed by atoms with van der Waals surface area (Å²) in [7, 11) is 0. The number of ether oxygens (including phenoxy) is 1. The van der Waals surface area contributed by atoms with Crippen molar-refractivity contribution >= 4 is 56.1 Å². The molecule has 6 heteroatoms. The lowest BCUT2D eigenvalue weighted by Gasteiger charge is -2.21. The average molecular weight is 439 g/mol. The van der Waals surface area contributed by atoms with Crippen LogP contribution in [0.5, 0.6) is 0 Å². The summed E-state index contributed by atoms with van der Waals surface area (Å²) in [6, 6.07) is 14.3. The maximum absolute atomic E-state index is 13.0. The van der Waals surface area contributed by atoms with Gasteiger partial charge in [-0.05, 0) is 75.7 Å². The van der Waals surface area contributed by atoms with Crippen molar-refractivity contribution in [3.05, 3.63) is 58.5 Å².